The quantitative estimate of drug-likeness (QED) is 0.840. The number of nitrogens with one attached hydrogen (secondary N) is 1. The van der Waals surface area contributed by atoms with Crippen LogP contribution in [0, 0.1) is 5.92 Å². The summed E-state index contributed by atoms with van der Waals surface area (Å²) in [5.74, 6) is 0.646. The van der Waals surface area contributed by atoms with E-state index in [0.29, 0.717) is 23.0 Å². The predicted octanol–water partition coefficient (Wildman–Crippen LogP) is 3.71. The first kappa shape index (κ1) is 13.8. The Balaban J connectivity index is 2.66. The smallest absolute Gasteiger partial charge is 0.251 e. The van der Waals surface area contributed by atoms with Gasteiger partial charge in [-0.15, -0.1) is 11.6 Å². The Morgan fingerprint density at radius 3 is 2.75 bits per heavy atom. The summed E-state index contributed by atoms with van der Waals surface area (Å²) in [4.78, 5) is 11.7. The molecule has 1 aromatic rings. The number of amides is 1. The van der Waals surface area contributed by atoms with Crippen molar-refractivity contribution in [2.45, 2.75) is 6.92 Å². The van der Waals surface area contributed by atoms with E-state index in [0.717, 1.165) is 4.47 Å². The fraction of sp³-hybridized carbons (Fsp3) is 0.364. The van der Waals surface area contributed by atoms with Crippen molar-refractivity contribution >= 4 is 45.0 Å². The van der Waals surface area contributed by atoms with Crippen molar-refractivity contribution in [1.29, 1.82) is 0 Å². The lowest BCUT2D eigenvalue weighted by Gasteiger charge is -2.09. The van der Waals surface area contributed by atoms with E-state index in [9.17, 15) is 4.79 Å². The Morgan fingerprint density at radius 1 is 1.50 bits per heavy atom. The van der Waals surface area contributed by atoms with Gasteiger partial charge in [-0.3, -0.25) is 4.79 Å². The normalized spacial score (nSPS) is 12.2. The molecule has 1 atom stereocenters. The summed E-state index contributed by atoms with van der Waals surface area (Å²) >= 11 is 14.8. The summed E-state index contributed by atoms with van der Waals surface area (Å²) in [6.07, 6.45) is 0. The molecule has 0 aromatic heterocycles. The molecule has 16 heavy (non-hydrogen) atoms. The van der Waals surface area contributed by atoms with Gasteiger partial charge in [0, 0.05) is 27.5 Å². The van der Waals surface area contributed by atoms with Gasteiger partial charge < -0.3 is 5.32 Å². The van der Waals surface area contributed by atoms with Crippen molar-refractivity contribution in [2.75, 3.05) is 12.4 Å². The van der Waals surface area contributed by atoms with Crippen LogP contribution in [0.3, 0.4) is 0 Å². The van der Waals surface area contributed by atoms with Gasteiger partial charge in [-0.2, -0.15) is 0 Å². The fourth-order valence-corrected chi connectivity index (χ4v) is 2.08. The van der Waals surface area contributed by atoms with E-state index in [2.05, 4.69) is 21.2 Å². The molecular formula is C11H12BrCl2NO. The number of hydrogen-bond acceptors (Lipinski definition) is 1. The van der Waals surface area contributed by atoms with E-state index in [-0.39, 0.29) is 11.8 Å². The van der Waals surface area contributed by atoms with Crippen LogP contribution >= 0.6 is 39.1 Å². The molecule has 1 rings (SSSR count). The maximum Gasteiger partial charge on any atom is 0.251 e. The van der Waals surface area contributed by atoms with Gasteiger partial charge in [0.05, 0.1) is 0 Å². The molecule has 1 N–H and O–H groups in total. The van der Waals surface area contributed by atoms with Gasteiger partial charge in [0.15, 0.2) is 0 Å². The highest BCUT2D eigenvalue weighted by Crippen LogP contribution is 2.19. The lowest BCUT2D eigenvalue weighted by molar-refractivity contribution is 0.0949. The summed E-state index contributed by atoms with van der Waals surface area (Å²) in [6.45, 7) is 2.54. The molecule has 0 spiro atoms. The van der Waals surface area contributed by atoms with Crippen LogP contribution in [0.1, 0.15) is 17.3 Å². The monoisotopic (exact) mass is 323 g/mol. The Kier molecular flexibility index (Phi) is 5.59. The Morgan fingerprint density at radius 2 is 2.19 bits per heavy atom. The van der Waals surface area contributed by atoms with Crippen LogP contribution in [-0.2, 0) is 0 Å². The summed E-state index contributed by atoms with van der Waals surface area (Å²) in [7, 11) is 0. The summed E-state index contributed by atoms with van der Waals surface area (Å²) in [6, 6.07) is 5.10. The molecule has 0 aliphatic heterocycles. The number of rotatable bonds is 4. The van der Waals surface area contributed by atoms with Gasteiger partial charge >= 0.3 is 0 Å². The number of benzene rings is 1. The molecule has 0 aliphatic rings. The first-order valence-electron chi connectivity index (χ1n) is 4.83. The van der Waals surface area contributed by atoms with E-state index in [1.165, 1.54) is 0 Å². The molecule has 1 aromatic carbocycles. The Hall–Kier alpha value is -0.250. The molecule has 0 bridgehead atoms. The first-order chi connectivity index (χ1) is 7.52. The Bertz CT molecular complexity index is 364. The second kappa shape index (κ2) is 6.48. The van der Waals surface area contributed by atoms with Crippen LogP contribution in [0.4, 0.5) is 0 Å². The molecule has 0 aliphatic carbocycles. The average molecular weight is 325 g/mol. The zero-order valence-corrected chi connectivity index (χ0v) is 11.9. The van der Waals surface area contributed by atoms with Crippen LogP contribution in [0.15, 0.2) is 22.7 Å². The van der Waals surface area contributed by atoms with Crippen LogP contribution in [0.25, 0.3) is 0 Å². The minimum atomic E-state index is -0.139. The molecule has 0 radical (unpaired) electrons. The minimum Gasteiger partial charge on any atom is -0.352 e. The maximum atomic E-state index is 11.7. The van der Waals surface area contributed by atoms with Crippen LogP contribution in [0.5, 0.6) is 0 Å². The summed E-state index contributed by atoms with van der Waals surface area (Å²) in [5.41, 5.74) is 0.543. The molecule has 1 amide bonds. The molecular weight excluding hydrogens is 313 g/mol. The van der Waals surface area contributed by atoms with Crippen LogP contribution in [0.2, 0.25) is 5.02 Å². The van der Waals surface area contributed by atoms with Gasteiger partial charge in [0.25, 0.3) is 5.91 Å². The third-order valence-corrected chi connectivity index (χ3v) is 3.20. The standard InChI is InChI=1S/C11H12BrCl2NO/c1-7(5-13)6-15-11(16)8-2-9(12)4-10(14)3-8/h2-4,7H,5-6H2,1H3,(H,15,16). The average Bonchev–Trinajstić information content (AvgIpc) is 2.23. The number of hydrogen-bond donors (Lipinski definition) is 1. The molecule has 5 heteroatoms. The predicted molar refractivity (Wildman–Crippen MR) is 71.4 cm³/mol. The third-order valence-electron chi connectivity index (χ3n) is 2.00. The van der Waals surface area contributed by atoms with Gasteiger partial charge in [-0.05, 0) is 24.1 Å². The largest absolute Gasteiger partial charge is 0.352 e. The van der Waals surface area contributed by atoms with Crippen molar-refractivity contribution < 1.29 is 4.79 Å². The van der Waals surface area contributed by atoms with Crippen molar-refractivity contribution in [3.05, 3.63) is 33.3 Å². The molecule has 0 heterocycles. The maximum absolute atomic E-state index is 11.7. The second-order valence-corrected chi connectivity index (χ2v) is 5.29. The molecule has 0 saturated carbocycles. The van der Waals surface area contributed by atoms with Gasteiger partial charge in [0.2, 0.25) is 0 Å². The topological polar surface area (TPSA) is 29.1 Å². The number of halogens is 3. The van der Waals surface area contributed by atoms with Crippen molar-refractivity contribution in [1.82, 2.24) is 5.32 Å². The summed E-state index contributed by atoms with van der Waals surface area (Å²) in [5, 5.41) is 3.33. The highest BCUT2D eigenvalue weighted by Gasteiger charge is 2.08. The number of carbonyl (C=O) groups excluding carboxylic acids is 1. The highest BCUT2D eigenvalue weighted by molar-refractivity contribution is 9.10. The van der Waals surface area contributed by atoms with E-state index in [4.69, 9.17) is 23.2 Å². The zero-order chi connectivity index (χ0) is 12.1. The Labute approximate surface area is 113 Å². The van der Waals surface area contributed by atoms with Crippen molar-refractivity contribution in [2.24, 2.45) is 5.92 Å². The van der Waals surface area contributed by atoms with Gasteiger partial charge in [-0.1, -0.05) is 34.5 Å². The fourth-order valence-electron chi connectivity index (χ4n) is 1.11. The lowest BCUT2D eigenvalue weighted by Crippen LogP contribution is -2.28. The van der Waals surface area contributed by atoms with Gasteiger partial charge in [-0.25, -0.2) is 0 Å². The lowest BCUT2D eigenvalue weighted by atomic mass is 10.2. The SMILES string of the molecule is CC(CCl)CNC(=O)c1cc(Cl)cc(Br)c1. The molecule has 0 fully saturated rings. The molecule has 88 valence electrons. The third kappa shape index (κ3) is 4.32. The van der Waals surface area contributed by atoms with E-state index in [1.54, 1.807) is 18.2 Å². The first-order valence-corrected chi connectivity index (χ1v) is 6.53. The van der Waals surface area contributed by atoms with E-state index < -0.39 is 0 Å². The van der Waals surface area contributed by atoms with Crippen molar-refractivity contribution in [3.8, 4) is 0 Å². The minimum absolute atomic E-state index is 0.139. The van der Waals surface area contributed by atoms with Crippen molar-refractivity contribution in [3.63, 3.8) is 0 Å². The number of alkyl halides is 1. The van der Waals surface area contributed by atoms with E-state index >= 15 is 0 Å². The van der Waals surface area contributed by atoms with E-state index in [1.807, 2.05) is 6.92 Å². The molecule has 1 unspecified atom stereocenters. The van der Waals surface area contributed by atoms with Crippen LogP contribution < -0.4 is 5.32 Å². The molecule has 2 nitrogen and oxygen atoms in total. The second-order valence-electron chi connectivity index (χ2n) is 3.63. The molecule has 0 saturated heterocycles. The number of carbonyl (C=O) groups is 1. The zero-order valence-electron chi connectivity index (χ0n) is 8.77. The summed E-state index contributed by atoms with van der Waals surface area (Å²) < 4.78 is 0.788. The van der Waals surface area contributed by atoms with Crippen LogP contribution in [-0.4, -0.2) is 18.3 Å². The van der Waals surface area contributed by atoms with Gasteiger partial charge in [0.1, 0.15) is 0 Å². The highest BCUT2D eigenvalue weighted by atomic mass is 79.9.